The van der Waals surface area contributed by atoms with Gasteiger partial charge in [-0.05, 0) is 25.0 Å². The van der Waals surface area contributed by atoms with Gasteiger partial charge < -0.3 is 4.90 Å². The van der Waals surface area contributed by atoms with Crippen LogP contribution in [0.5, 0.6) is 0 Å². The molecule has 4 rings (SSSR count). The Morgan fingerprint density at radius 1 is 0.880 bits per heavy atom. The lowest BCUT2D eigenvalue weighted by Crippen LogP contribution is -2.64. The molecule has 0 N–H and O–H groups in total. The number of carbonyl (C=O) groups is 1. The monoisotopic (exact) mass is 362 g/mol. The highest BCUT2D eigenvalue weighted by Gasteiger charge is 2.51. The number of hydrogen-bond donors (Lipinski definition) is 0. The average Bonchev–Trinajstić information content (AvgIpc) is 2.77. The maximum absolute atomic E-state index is 13.0. The molecule has 0 spiro atoms. The first kappa shape index (κ1) is 17.0. The topological polar surface area (TPSA) is 57.7 Å². The molecule has 2 heterocycles. The van der Waals surface area contributed by atoms with Gasteiger partial charge in [0.2, 0.25) is 5.91 Å². The first-order valence-electron chi connectivity index (χ1n) is 9.38. The van der Waals surface area contributed by atoms with Gasteiger partial charge in [0.05, 0.1) is 24.1 Å². The number of para-hydroxylation sites is 1. The predicted octanol–water partition coefficient (Wildman–Crippen LogP) is 2.22. The molecule has 2 saturated heterocycles. The number of piperazine rings is 1. The lowest BCUT2D eigenvalue weighted by Gasteiger charge is -2.46. The molecule has 1 saturated carbocycles. The van der Waals surface area contributed by atoms with Crippen LogP contribution in [0.4, 0.5) is 5.69 Å². The maximum atomic E-state index is 13.0. The quantitative estimate of drug-likeness (QED) is 0.757. The number of benzene rings is 1. The van der Waals surface area contributed by atoms with Crippen LogP contribution in [0.25, 0.3) is 0 Å². The molecule has 3 fully saturated rings. The van der Waals surface area contributed by atoms with E-state index in [-0.39, 0.29) is 29.5 Å². The molecule has 0 radical (unpaired) electrons. The number of anilines is 1. The Bertz CT molecular complexity index is 726. The van der Waals surface area contributed by atoms with Crippen LogP contribution < -0.4 is 4.90 Å². The van der Waals surface area contributed by atoms with Crippen molar-refractivity contribution in [3.8, 4) is 0 Å². The second kappa shape index (κ2) is 6.72. The number of sulfone groups is 1. The standard InChI is InChI=1S/C19H26N2O3S/c22-19-12-20(15-8-4-1-2-5-9-15)17-13-25(23,24)14-18(17)21(19)16-10-6-3-7-11-16/h3,6-7,10-11,15,17-18H,1-2,4-5,8-9,12-14H2/t17-,18+/m1/s1. The third-order valence-corrected chi connectivity index (χ3v) is 7.66. The molecule has 25 heavy (non-hydrogen) atoms. The highest BCUT2D eigenvalue weighted by atomic mass is 32.2. The van der Waals surface area contributed by atoms with Crippen molar-refractivity contribution in [3.63, 3.8) is 0 Å². The van der Waals surface area contributed by atoms with Crippen molar-refractivity contribution in [2.75, 3.05) is 23.0 Å². The van der Waals surface area contributed by atoms with E-state index in [9.17, 15) is 13.2 Å². The van der Waals surface area contributed by atoms with E-state index < -0.39 is 9.84 Å². The first-order chi connectivity index (χ1) is 12.1. The van der Waals surface area contributed by atoms with E-state index in [0.29, 0.717) is 12.6 Å². The average molecular weight is 362 g/mol. The largest absolute Gasteiger partial charge is 0.306 e. The molecule has 0 aromatic heterocycles. The second-order valence-electron chi connectivity index (χ2n) is 7.63. The van der Waals surface area contributed by atoms with E-state index in [2.05, 4.69) is 4.90 Å². The maximum Gasteiger partial charge on any atom is 0.241 e. The smallest absolute Gasteiger partial charge is 0.241 e. The summed E-state index contributed by atoms with van der Waals surface area (Å²) in [5.41, 5.74) is 0.820. The number of fused-ring (bicyclic) bond motifs is 1. The van der Waals surface area contributed by atoms with Gasteiger partial charge in [0.1, 0.15) is 0 Å². The second-order valence-corrected chi connectivity index (χ2v) is 9.78. The summed E-state index contributed by atoms with van der Waals surface area (Å²) in [6.45, 7) is 0.343. The van der Waals surface area contributed by atoms with Crippen LogP contribution in [0.2, 0.25) is 0 Å². The normalized spacial score (nSPS) is 30.9. The summed E-state index contributed by atoms with van der Waals surface area (Å²) in [5.74, 6) is 0.306. The fourth-order valence-electron chi connectivity index (χ4n) is 4.82. The van der Waals surface area contributed by atoms with Crippen LogP contribution in [0.1, 0.15) is 38.5 Å². The minimum atomic E-state index is -3.11. The summed E-state index contributed by atoms with van der Waals surface area (Å²) in [5, 5.41) is 0. The molecule has 1 aromatic rings. The lowest BCUT2D eigenvalue weighted by molar-refractivity contribution is -0.124. The van der Waals surface area contributed by atoms with Crippen molar-refractivity contribution >= 4 is 21.4 Å². The fourth-order valence-corrected chi connectivity index (χ4v) is 6.78. The Labute approximate surface area is 149 Å². The Balaban J connectivity index is 1.67. The van der Waals surface area contributed by atoms with Gasteiger partial charge in [-0.15, -0.1) is 0 Å². The molecule has 6 heteroatoms. The van der Waals surface area contributed by atoms with Gasteiger partial charge in [-0.3, -0.25) is 9.69 Å². The van der Waals surface area contributed by atoms with E-state index in [4.69, 9.17) is 0 Å². The Morgan fingerprint density at radius 2 is 1.52 bits per heavy atom. The summed E-state index contributed by atoms with van der Waals surface area (Å²) >= 11 is 0. The van der Waals surface area contributed by atoms with Crippen LogP contribution >= 0.6 is 0 Å². The number of carbonyl (C=O) groups excluding carboxylic acids is 1. The van der Waals surface area contributed by atoms with E-state index in [1.54, 1.807) is 4.90 Å². The van der Waals surface area contributed by atoms with Crippen LogP contribution in [0.15, 0.2) is 30.3 Å². The molecule has 136 valence electrons. The first-order valence-corrected chi connectivity index (χ1v) is 11.2. The zero-order valence-electron chi connectivity index (χ0n) is 14.5. The molecule has 5 nitrogen and oxygen atoms in total. The number of amides is 1. The van der Waals surface area contributed by atoms with E-state index in [1.807, 2.05) is 30.3 Å². The van der Waals surface area contributed by atoms with E-state index >= 15 is 0 Å². The number of hydrogen-bond acceptors (Lipinski definition) is 4. The molecule has 0 bridgehead atoms. The highest BCUT2D eigenvalue weighted by molar-refractivity contribution is 7.91. The van der Waals surface area contributed by atoms with Crippen LogP contribution in [-0.2, 0) is 14.6 Å². The minimum absolute atomic E-state index is 0.0359. The molecule has 1 aliphatic carbocycles. The minimum Gasteiger partial charge on any atom is -0.306 e. The molecular formula is C19H26N2O3S. The van der Waals surface area contributed by atoms with Crippen molar-refractivity contribution < 1.29 is 13.2 Å². The van der Waals surface area contributed by atoms with Crippen molar-refractivity contribution in [1.29, 1.82) is 0 Å². The Kier molecular flexibility index (Phi) is 4.58. The zero-order chi connectivity index (χ0) is 17.4. The fraction of sp³-hybridized carbons (Fsp3) is 0.632. The number of nitrogens with zero attached hydrogens (tertiary/aromatic N) is 2. The van der Waals surface area contributed by atoms with Gasteiger partial charge in [-0.1, -0.05) is 43.9 Å². The lowest BCUT2D eigenvalue weighted by atomic mass is 9.97. The van der Waals surface area contributed by atoms with Gasteiger partial charge in [-0.2, -0.15) is 0 Å². The van der Waals surface area contributed by atoms with E-state index in [1.165, 1.54) is 25.7 Å². The van der Waals surface area contributed by atoms with Gasteiger partial charge in [-0.25, -0.2) is 8.42 Å². The Morgan fingerprint density at radius 3 is 2.20 bits per heavy atom. The third-order valence-electron chi connectivity index (χ3n) is 5.97. The third kappa shape index (κ3) is 3.34. The highest BCUT2D eigenvalue weighted by Crippen LogP contribution is 2.35. The predicted molar refractivity (Wildman–Crippen MR) is 98.4 cm³/mol. The van der Waals surface area contributed by atoms with Crippen molar-refractivity contribution in [1.82, 2.24) is 4.90 Å². The van der Waals surface area contributed by atoms with Crippen LogP contribution in [0.3, 0.4) is 0 Å². The zero-order valence-corrected chi connectivity index (χ0v) is 15.3. The van der Waals surface area contributed by atoms with Crippen LogP contribution in [-0.4, -0.2) is 55.4 Å². The van der Waals surface area contributed by atoms with Crippen molar-refractivity contribution in [2.45, 2.75) is 56.7 Å². The SMILES string of the molecule is O=C1CN(C2CCCCCC2)[C@@H]2CS(=O)(=O)C[C@@H]2N1c1ccccc1. The van der Waals surface area contributed by atoms with E-state index in [0.717, 1.165) is 18.5 Å². The van der Waals surface area contributed by atoms with Gasteiger partial charge >= 0.3 is 0 Å². The molecule has 2 atom stereocenters. The summed E-state index contributed by atoms with van der Waals surface area (Å²) in [4.78, 5) is 17.0. The molecular weight excluding hydrogens is 336 g/mol. The van der Waals surface area contributed by atoms with Crippen molar-refractivity contribution in [3.05, 3.63) is 30.3 Å². The van der Waals surface area contributed by atoms with Gasteiger partial charge in [0.15, 0.2) is 9.84 Å². The molecule has 0 unspecified atom stereocenters. The van der Waals surface area contributed by atoms with Gasteiger partial charge in [0.25, 0.3) is 0 Å². The number of rotatable bonds is 2. The molecule has 3 aliphatic rings. The van der Waals surface area contributed by atoms with Gasteiger partial charge in [0, 0.05) is 17.8 Å². The molecule has 2 aliphatic heterocycles. The summed E-state index contributed by atoms with van der Waals surface area (Å²) in [6, 6.07) is 9.56. The van der Waals surface area contributed by atoms with Crippen molar-refractivity contribution in [2.24, 2.45) is 0 Å². The molecule has 1 amide bonds. The summed E-state index contributed by atoms with van der Waals surface area (Å²) < 4.78 is 24.8. The van der Waals surface area contributed by atoms with Crippen LogP contribution in [0, 0.1) is 0 Å². The summed E-state index contributed by atoms with van der Waals surface area (Å²) in [7, 11) is -3.11. The summed E-state index contributed by atoms with van der Waals surface area (Å²) in [6.07, 6.45) is 7.04. The Hall–Kier alpha value is -1.40. The molecule has 1 aromatic carbocycles.